The average Bonchev–Trinajstić information content (AvgIpc) is 2.38. The Morgan fingerprint density at radius 2 is 2.28 bits per heavy atom. The lowest BCUT2D eigenvalue weighted by atomic mass is 10.2. The molecule has 0 spiro atoms. The third-order valence-electron chi connectivity index (χ3n) is 2.42. The minimum Gasteiger partial charge on any atom is -0.495 e. The van der Waals surface area contributed by atoms with Crippen LogP contribution in [0, 0.1) is 0 Å². The van der Waals surface area contributed by atoms with Crippen LogP contribution in [0.2, 0.25) is 5.02 Å². The maximum Gasteiger partial charge on any atom is 0.148 e. The average molecular weight is 265 g/mol. The van der Waals surface area contributed by atoms with Gasteiger partial charge in [-0.25, -0.2) is 9.97 Å². The normalized spacial score (nSPS) is 10.1. The number of rotatable bonds is 4. The van der Waals surface area contributed by atoms with Crippen LogP contribution in [0.3, 0.4) is 0 Å². The van der Waals surface area contributed by atoms with Crippen LogP contribution in [0.4, 0.5) is 11.5 Å². The number of aromatic nitrogens is 2. The molecule has 0 amide bonds. The van der Waals surface area contributed by atoms with Crippen molar-refractivity contribution in [1.29, 1.82) is 0 Å². The summed E-state index contributed by atoms with van der Waals surface area (Å²) < 4.78 is 5.09. The van der Waals surface area contributed by atoms with E-state index in [0.29, 0.717) is 28.8 Å². The molecule has 6 heteroatoms. The minimum absolute atomic E-state index is 0.485. The van der Waals surface area contributed by atoms with Crippen molar-refractivity contribution in [3.63, 3.8) is 0 Å². The lowest BCUT2D eigenvalue weighted by molar-refractivity contribution is 0.417. The number of hydrogen-bond donors (Lipinski definition) is 2. The molecule has 3 N–H and O–H groups in total. The Kier molecular flexibility index (Phi) is 3.84. The Bertz CT molecular complexity index is 547. The van der Waals surface area contributed by atoms with Gasteiger partial charge in [-0.05, 0) is 17.7 Å². The van der Waals surface area contributed by atoms with E-state index in [1.165, 1.54) is 6.33 Å². The topological polar surface area (TPSA) is 73.1 Å². The Labute approximate surface area is 110 Å². The van der Waals surface area contributed by atoms with Gasteiger partial charge in [0.1, 0.15) is 22.9 Å². The summed E-state index contributed by atoms with van der Waals surface area (Å²) in [4.78, 5) is 7.86. The second-order valence-electron chi connectivity index (χ2n) is 3.65. The number of anilines is 2. The van der Waals surface area contributed by atoms with E-state index in [-0.39, 0.29) is 0 Å². The standard InChI is InChI=1S/C12H13ClN4O/c1-18-11-3-2-8(4-10(11)14)5-16-12-9(13)6-15-7-17-12/h2-4,6-7H,5,14H2,1H3,(H,15,16,17). The third kappa shape index (κ3) is 2.81. The number of methoxy groups -OCH3 is 1. The molecule has 1 aromatic heterocycles. The van der Waals surface area contributed by atoms with Gasteiger partial charge in [-0.15, -0.1) is 0 Å². The van der Waals surface area contributed by atoms with Crippen LogP contribution in [-0.2, 0) is 6.54 Å². The number of nitrogens with zero attached hydrogens (tertiary/aromatic N) is 2. The van der Waals surface area contributed by atoms with Crippen molar-refractivity contribution in [1.82, 2.24) is 9.97 Å². The summed E-state index contributed by atoms with van der Waals surface area (Å²) in [5.74, 6) is 1.26. The molecule has 0 saturated heterocycles. The summed E-state index contributed by atoms with van der Waals surface area (Å²) in [7, 11) is 1.59. The first-order valence-electron chi connectivity index (χ1n) is 5.32. The van der Waals surface area contributed by atoms with Gasteiger partial charge in [-0.3, -0.25) is 0 Å². The van der Waals surface area contributed by atoms with Crippen molar-refractivity contribution in [2.75, 3.05) is 18.2 Å². The number of nitrogens with one attached hydrogen (secondary N) is 1. The second-order valence-corrected chi connectivity index (χ2v) is 4.06. The van der Waals surface area contributed by atoms with E-state index in [2.05, 4.69) is 15.3 Å². The van der Waals surface area contributed by atoms with Crippen molar-refractivity contribution in [2.24, 2.45) is 0 Å². The zero-order valence-electron chi connectivity index (χ0n) is 9.85. The fourth-order valence-electron chi connectivity index (χ4n) is 1.52. The Hall–Kier alpha value is -2.01. The lowest BCUT2D eigenvalue weighted by Crippen LogP contribution is -2.03. The first kappa shape index (κ1) is 12.4. The van der Waals surface area contributed by atoms with E-state index >= 15 is 0 Å². The van der Waals surface area contributed by atoms with Crippen molar-refractivity contribution >= 4 is 23.1 Å². The molecule has 0 bridgehead atoms. The third-order valence-corrected chi connectivity index (χ3v) is 2.70. The van der Waals surface area contributed by atoms with Crippen LogP contribution in [0.5, 0.6) is 5.75 Å². The number of halogens is 1. The molecular formula is C12H13ClN4O. The van der Waals surface area contributed by atoms with Crippen LogP contribution in [0.15, 0.2) is 30.7 Å². The van der Waals surface area contributed by atoms with Gasteiger partial charge in [-0.2, -0.15) is 0 Å². The highest BCUT2D eigenvalue weighted by molar-refractivity contribution is 6.32. The van der Waals surface area contributed by atoms with Crippen LogP contribution in [-0.4, -0.2) is 17.1 Å². The highest BCUT2D eigenvalue weighted by Gasteiger charge is 2.03. The quantitative estimate of drug-likeness (QED) is 0.829. The molecule has 94 valence electrons. The monoisotopic (exact) mass is 264 g/mol. The SMILES string of the molecule is COc1ccc(CNc2ncncc2Cl)cc1N. The van der Waals surface area contributed by atoms with Crippen molar-refractivity contribution in [2.45, 2.75) is 6.54 Å². The summed E-state index contributed by atoms with van der Waals surface area (Å²) in [6.07, 6.45) is 2.98. The fraction of sp³-hybridized carbons (Fsp3) is 0.167. The predicted molar refractivity (Wildman–Crippen MR) is 71.8 cm³/mol. The van der Waals surface area contributed by atoms with E-state index in [9.17, 15) is 0 Å². The first-order chi connectivity index (χ1) is 8.70. The van der Waals surface area contributed by atoms with E-state index in [1.807, 2.05) is 18.2 Å². The molecule has 0 aliphatic carbocycles. The van der Waals surface area contributed by atoms with Gasteiger partial charge in [0, 0.05) is 6.54 Å². The zero-order valence-corrected chi connectivity index (χ0v) is 10.6. The molecule has 0 fully saturated rings. The van der Waals surface area contributed by atoms with Gasteiger partial charge in [0.15, 0.2) is 0 Å². The van der Waals surface area contributed by atoms with Gasteiger partial charge in [0.25, 0.3) is 0 Å². The van der Waals surface area contributed by atoms with Crippen LogP contribution < -0.4 is 15.8 Å². The molecule has 1 heterocycles. The molecule has 18 heavy (non-hydrogen) atoms. The molecule has 0 aliphatic rings. The number of ether oxygens (including phenoxy) is 1. The summed E-state index contributed by atoms with van der Waals surface area (Å²) in [5, 5.41) is 3.60. The van der Waals surface area contributed by atoms with Gasteiger partial charge in [-0.1, -0.05) is 17.7 Å². The molecular weight excluding hydrogens is 252 g/mol. The molecule has 0 aliphatic heterocycles. The lowest BCUT2D eigenvalue weighted by Gasteiger charge is -2.09. The Morgan fingerprint density at radius 3 is 2.94 bits per heavy atom. The first-order valence-corrected chi connectivity index (χ1v) is 5.70. The number of benzene rings is 1. The number of nitrogens with two attached hydrogens (primary N) is 1. The zero-order chi connectivity index (χ0) is 13.0. The van der Waals surface area contributed by atoms with Gasteiger partial charge < -0.3 is 15.8 Å². The van der Waals surface area contributed by atoms with Crippen molar-refractivity contribution in [3.05, 3.63) is 41.3 Å². The second kappa shape index (κ2) is 5.55. The molecule has 0 unspecified atom stereocenters. The van der Waals surface area contributed by atoms with Gasteiger partial charge in [0.2, 0.25) is 0 Å². The number of hydrogen-bond acceptors (Lipinski definition) is 5. The van der Waals surface area contributed by atoms with E-state index in [0.717, 1.165) is 5.56 Å². The number of nitrogen functional groups attached to an aromatic ring is 1. The Morgan fingerprint density at radius 1 is 1.44 bits per heavy atom. The van der Waals surface area contributed by atoms with E-state index in [4.69, 9.17) is 22.1 Å². The summed E-state index contributed by atoms with van der Waals surface area (Å²) in [5.41, 5.74) is 7.45. The molecule has 1 aromatic carbocycles. The van der Waals surface area contributed by atoms with Gasteiger partial charge >= 0.3 is 0 Å². The summed E-state index contributed by atoms with van der Waals surface area (Å²) >= 11 is 5.94. The smallest absolute Gasteiger partial charge is 0.148 e. The molecule has 2 rings (SSSR count). The predicted octanol–water partition coefficient (Wildman–Crippen LogP) is 2.33. The Balaban J connectivity index is 2.07. The summed E-state index contributed by atoms with van der Waals surface area (Å²) in [6, 6.07) is 5.60. The fourth-order valence-corrected chi connectivity index (χ4v) is 1.69. The maximum absolute atomic E-state index is 5.94. The van der Waals surface area contributed by atoms with Gasteiger partial charge in [0.05, 0.1) is 19.0 Å². The molecule has 0 atom stereocenters. The largest absolute Gasteiger partial charge is 0.495 e. The van der Waals surface area contributed by atoms with Crippen molar-refractivity contribution < 1.29 is 4.74 Å². The van der Waals surface area contributed by atoms with Crippen LogP contribution in [0.25, 0.3) is 0 Å². The van der Waals surface area contributed by atoms with E-state index in [1.54, 1.807) is 13.3 Å². The molecule has 5 nitrogen and oxygen atoms in total. The minimum atomic E-state index is 0.485. The molecule has 0 radical (unpaired) electrons. The summed E-state index contributed by atoms with van der Waals surface area (Å²) in [6.45, 7) is 0.574. The highest BCUT2D eigenvalue weighted by atomic mass is 35.5. The molecule has 0 saturated carbocycles. The van der Waals surface area contributed by atoms with Crippen LogP contribution in [0.1, 0.15) is 5.56 Å². The molecule has 2 aromatic rings. The van der Waals surface area contributed by atoms with E-state index < -0.39 is 0 Å². The maximum atomic E-state index is 5.94. The van der Waals surface area contributed by atoms with Crippen LogP contribution >= 0.6 is 11.6 Å². The van der Waals surface area contributed by atoms with Crippen molar-refractivity contribution in [3.8, 4) is 5.75 Å². The highest BCUT2D eigenvalue weighted by Crippen LogP contribution is 2.23.